The zero-order valence-corrected chi connectivity index (χ0v) is 11.0. The maximum Gasteiger partial charge on any atom is 0.417 e. The van der Waals surface area contributed by atoms with E-state index in [0.29, 0.717) is 12.3 Å². The van der Waals surface area contributed by atoms with Gasteiger partial charge in [-0.15, -0.1) is 0 Å². The van der Waals surface area contributed by atoms with Crippen LogP contribution in [0, 0.1) is 0 Å². The van der Waals surface area contributed by atoms with Crippen molar-refractivity contribution in [1.29, 1.82) is 0 Å². The molecule has 0 aliphatic carbocycles. The van der Waals surface area contributed by atoms with Crippen LogP contribution in [0.1, 0.15) is 36.7 Å². The molecule has 0 amide bonds. The molecule has 1 aromatic heterocycles. The molecule has 0 atom stereocenters. The molecular formula is C12H14F3NO3. The normalized spacial score (nSPS) is 12.2. The van der Waals surface area contributed by atoms with Crippen molar-refractivity contribution in [3.63, 3.8) is 0 Å². The molecule has 19 heavy (non-hydrogen) atoms. The number of hydrogen-bond acceptors (Lipinski definition) is 4. The van der Waals surface area contributed by atoms with Gasteiger partial charge in [-0.05, 0) is 26.8 Å². The number of aromatic nitrogens is 1. The molecule has 0 spiro atoms. The van der Waals surface area contributed by atoms with Gasteiger partial charge < -0.3 is 9.47 Å². The molecular weight excluding hydrogens is 263 g/mol. The number of pyridine rings is 1. The van der Waals surface area contributed by atoms with Gasteiger partial charge in [-0.25, -0.2) is 9.78 Å². The van der Waals surface area contributed by atoms with E-state index in [1.165, 1.54) is 7.11 Å². The molecule has 106 valence electrons. The summed E-state index contributed by atoms with van der Waals surface area (Å²) >= 11 is 0. The molecule has 0 radical (unpaired) electrons. The minimum Gasteiger partial charge on any atom is -0.480 e. The lowest BCUT2D eigenvalue weighted by Gasteiger charge is -2.20. The van der Waals surface area contributed by atoms with Crippen LogP contribution < -0.4 is 4.74 Å². The van der Waals surface area contributed by atoms with Crippen LogP contribution >= 0.6 is 0 Å². The third-order valence-corrected chi connectivity index (χ3v) is 1.99. The van der Waals surface area contributed by atoms with E-state index in [9.17, 15) is 18.0 Å². The van der Waals surface area contributed by atoms with E-state index in [2.05, 4.69) is 4.98 Å². The summed E-state index contributed by atoms with van der Waals surface area (Å²) in [5.74, 6) is -1.12. The van der Waals surface area contributed by atoms with Crippen molar-refractivity contribution in [3.8, 4) is 5.88 Å². The second-order valence-corrected chi connectivity index (χ2v) is 4.78. The molecule has 4 nitrogen and oxygen atoms in total. The third-order valence-electron chi connectivity index (χ3n) is 1.99. The first-order chi connectivity index (χ1) is 8.54. The number of carbonyl (C=O) groups excluding carboxylic acids is 1. The van der Waals surface area contributed by atoms with Gasteiger partial charge in [0.05, 0.1) is 12.7 Å². The Hall–Kier alpha value is -1.79. The van der Waals surface area contributed by atoms with Crippen molar-refractivity contribution in [2.45, 2.75) is 32.5 Å². The largest absolute Gasteiger partial charge is 0.480 e. The maximum atomic E-state index is 12.6. The van der Waals surface area contributed by atoms with Crippen molar-refractivity contribution in [2.24, 2.45) is 0 Å². The lowest BCUT2D eigenvalue weighted by Crippen LogP contribution is -2.24. The molecule has 7 heteroatoms. The number of halogens is 3. The Labute approximate surface area is 108 Å². The Balaban J connectivity index is 3.20. The fourth-order valence-corrected chi connectivity index (χ4v) is 1.25. The lowest BCUT2D eigenvalue weighted by atomic mass is 10.1. The molecule has 0 unspecified atom stereocenters. The van der Waals surface area contributed by atoms with E-state index in [1.54, 1.807) is 20.8 Å². The van der Waals surface area contributed by atoms with Crippen LogP contribution in [-0.4, -0.2) is 23.7 Å². The second-order valence-electron chi connectivity index (χ2n) is 4.78. The number of alkyl halides is 3. The highest BCUT2D eigenvalue weighted by atomic mass is 19.4. The first-order valence-corrected chi connectivity index (χ1v) is 5.39. The van der Waals surface area contributed by atoms with Crippen LogP contribution in [0.5, 0.6) is 5.88 Å². The highest BCUT2D eigenvalue weighted by Crippen LogP contribution is 2.31. The van der Waals surface area contributed by atoms with Crippen LogP contribution in [0.15, 0.2) is 12.3 Å². The Morgan fingerprint density at radius 3 is 2.26 bits per heavy atom. The quantitative estimate of drug-likeness (QED) is 0.779. The Morgan fingerprint density at radius 1 is 1.26 bits per heavy atom. The summed E-state index contributed by atoms with van der Waals surface area (Å²) in [6, 6.07) is 0.667. The number of methoxy groups -OCH3 is 1. The number of rotatable bonds is 2. The van der Waals surface area contributed by atoms with Crippen LogP contribution in [0.25, 0.3) is 0 Å². The fourth-order valence-electron chi connectivity index (χ4n) is 1.25. The fraction of sp³-hybridized carbons (Fsp3) is 0.500. The van der Waals surface area contributed by atoms with Gasteiger partial charge in [0, 0.05) is 6.20 Å². The second kappa shape index (κ2) is 5.07. The summed E-state index contributed by atoms with van der Waals surface area (Å²) in [6.07, 6.45) is -3.98. The number of nitrogens with zero attached hydrogens (tertiary/aromatic N) is 1. The van der Waals surface area contributed by atoms with E-state index < -0.39 is 23.3 Å². The van der Waals surface area contributed by atoms with Gasteiger partial charge >= 0.3 is 12.1 Å². The standard InChI is InChI=1S/C12H14F3NO3/c1-11(2,3)19-10(17)8-5-7(12(13,14)15)6-16-9(8)18-4/h5-6H,1-4H3. The zero-order chi connectivity index (χ0) is 14.8. The Kier molecular flexibility index (Phi) is 4.07. The first kappa shape index (κ1) is 15.3. The molecule has 1 heterocycles. The predicted molar refractivity (Wildman–Crippen MR) is 61.0 cm³/mol. The Bertz CT molecular complexity index is 478. The number of ether oxygens (including phenoxy) is 2. The molecule has 1 rings (SSSR count). The average Bonchev–Trinajstić information content (AvgIpc) is 2.24. The van der Waals surface area contributed by atoms with Gasteiger partial charge in [0.2, 0.25) is 5.88 Å². The van der Waals surface area contributed by atoms with Crippen LogP contribution in [0.3, 0.4) is 0 Å². The van der Waals surface area contributed by atoms with E-state index >= 15 is 0 Å². The summed E-state index contributed by atoms with van der Waals surface area (Å²) < 4.78 is 47.5. The van der Waals surface area contributed by atoms with Gasteiger partial charge in [0.15, 0.2) is 0 Å². The van der Waals surface area contributed by atoms with Gasteiger partial charge in [0.1, 0.15) is 11.2 Å². The smallest absolute Gasteiger partial charge is 0.417 e. The van der Waals surface area contributed by atoms with E-state index in [1.807, 2.05) is 0 Å². The van der Waals surface area contributed by atoms with Crippen molar-refractivity contribution in [2.75, 3.05) is 7.11 Å². The first-order valence-electron chi connectivity index (χ1n) is 5.39. The molecule has 0 aliphatic rings. The highest BCUT2D eigenvalue weighted by molar-refractivity contribution is 5.92. The number of esters is 1. The van der Waals surface area contributed by atoms with E-state index in [4.69, 9.17) is 9.47 Å². The van der Waals surface area contributed by atoms with Gasteiger partial charge in [0.25, 0.3) is 0 Å². The van der Waals surface area contributed by atoms with Crippen LogP contribution in [0.2, 0.25) is 0 Å². The molecule has 1 aromatic rings. The van der Waals surface area contributed by atoms with Crippen molar-refractivity contribution in [1.82, 2.24) is 4.98 Å². The van der Waals surface area contributed by atoms with E-state index in [-0.39, 0.29) is 11.4 Å². The topological polar surface area (TPSA) is 48.4 Å². The molecule has 0 aromatic carbocycles. The highest BCUT2D eigenvalue weighted by Gasteiger charge is 2.33. The minimum absolute atomic E-state index is 0.206. The third kappa shape index (κ3) is 4.11. The molecule has 0 N–H and O–H groups in total. The summed E-state index contributed by atoms with van der Waals surface area (Å²) in [5.41, 5.74) is -2.21. The van der Waals surface area contributed by atoms with Gasteiger partial charge in [-0.2, -0.15) is 13.2 Å². The van der Waals surface area contributed by atoms with Gasteiger partial charge in [-0.3, -0.25) is 0 Å². The van der Waals surface area contributed by atoms with Gasteiger partial charge in [-0.1, -0.05) is 0 Å². The number of carbonyl (C=O) groups is 1. The molecule has 0 saturated carbocycles. The molecule has 0 aliphatic heterocycles. The maximum absolute atomic E-state index is 12.6. The molecule has 0 bridgehead atoms. The van der Waals surface area contributed by atoms with Crippen molar-refractivity contribution < 1.29 is 27.4 Å². The monoisotopic (exact) mass is 277 g/mol. The SMILES string of the molecule is COc1ncc(C(F)(F)F)cc1C(=O)OC(C)(C)C. The molecule has 0 fully saturated rings. The minimum atomic E-state index is -4.59. The lowest BCUT2D eigenvalue weighted by molar-refractivity contribution is -0.137. The summed E-state index contributed by atoms with van der Waals surface area (Å²) in [7, 11) is 1.21. The zero-order valence-electron chi connectivity index (χ0n) is 11.0. The summed E-state index contributed by atoms with van der Waals surface area (Å²) in [6.45, 7) is 4.83. The Morgan fingerprint density at radius 2 is 1.84 bits per heavy atom. The van der Waals surface area contributed by atoms with Crippen LogP contribution in [0.4, 0.5) is 13.2 Å². The number of hydrogen-bond donors (Lipinski definition) is 0. The summed E-state index contributed by atoms with van der Waals surface area (Å²) in [4.78, 5) is 15.3. The predicted octanol–water partition coefficient (Wildman–Crippen LogP) is 3.06. The van der Waals surface area contributed by atoms with Crippen molar-refractivity contribution in [3.05, 3.63) is 23.4 Å². The average molecular weight is 277 g/mol. The summed E-state index contributed by atoms with van der Waals surface area (Å²) in [5, 5.41) is 0. The van der Waals surface area contributed by atoms with E-state index in [0.717, 1.165) is 0 Å². The van der Waals surface area contributed by atoms with Crippen LogP contribution in [-0.2, 0) is 10.9 Å². The molecule has 0 saturated heterocycles. The van der Waals surface area contributed by atoms with Crippen molar-refractivity contribution >= 4 is 5.97 Å².